The number of nitrogens with zero attached hydrogens (tertiary/aromatic N) is 1. The summed E-state index contributed by atoms with van der Waals surface area (Å²) in [5.41, 5.74) is 0.308. The van der Waals surface area contributed by atoms with E-state index in [1.807, 2.05) is 0 Å². The number of aromatic hydroxyl groups is 1. The topological polar surface area (TPSA) is 40.5 Å². The molecule has 1 aliphatic carbocycles. The van der Waals surface area contributed by atoms with Crippen LogP contribution in [-0.4, -0.2) is 29.0 Å². The molecule has 1 saturated heterocycles. The lowest BCUT2D eigenvalue weighted by molar-refractivity contribution is -0.0428. The minimum atomic E-state index is -0.567. The summed E-state index contributed by atoms with van der Waals surface area (Å²) in [6.07, 6.45) is 3.60. The Bertz CT molecular complexity index is 474. The molecule has 1 aromatic carbocycles. The highest BCUT2D eigenvalue weighted by atomic mass is 19.1. The number of phenols is 1. The molecule has 3 rings (SSSR count). The van der Waals surface area contributed by atoms with Crippen LogP contribution in [0.25, 0.3) is 0 Å². The predicted molar refractivity (Wildman–Crippen MR) is 60.3 cm³/mol. The van der Waals surface area contributed by atoms with E-state index >= 15 is 0 Å². The van der Waals surface area contributed by atoms with Crippen LogP contribution in [0.4, 0.5) is 4.39 Å². The van der Waals surface area contributed by atoms with Crippen molar-refractivity contribution in [3.8, 4) is 5.75 Å². The summed E-state index contributed by atoms with van der Waals surface area (Å²) in [6, 6.07) is 3.57. The number of halogens is 1. The minimum Gasteiger partial charge on any atom is -0.508 e. The van der Waals surface area contributed by atoms with Crippen molar-refractivity contribution in [2.24, 2.45) is 5.41 Å². The fraction of sp³-hybridized carbons (Fsp3) is 0.462. The molecule has 0 bridgehead atoms. The number of benzene rings is 1. The maximum Gasteiger partial charge on any atom is 0.257 e. The van der Waals surface area contributed by atoms with Gasteiger partial charge in [-0.25, -0.2) is 4.39 Å². The van der Waals surface area contributed by atoms with Crippen LogP contribution in [0.15, 0.2) is 18.2 Å². The van der Waals surface area contributed by atoms with Gasteiger partial charge in [0.25, 0.3) is 5.91 Å². The number of carbonyl (C=O) groups is 1. The van der Waals surface area contributed by atoms with Crippen LogP contribution >= 0.6 is 0 Å². The lowest BCUT2D eigenvalue weighted by Gasteiger charge is -2.55. The van der Waals surface area contributed by atoms with Crippen LogP contribution in [0.1, 0.15) is 29.6 Å². The van der Waals surface area contributed by atoms with Gasteiger partial charge in [0.2, 0.25) is 0 Å². The van der Waals surface area contributed by atoms with Gasteiger partial charge in [0.1, 0.15) is 11.6 Å². The molecule has 1 saturated carbocycles. The Morgan fingerprint density at radius 2 is 2.06 bits per heavy atom. The van der Waals surface area contributed by atoms with Crippen molar-refractivity contribution < 1.29 is 14.3 Å². The second-order valence-electron chi connectivity index (χ2n) is 5.18. The van der Waals surface area contributed by atoms with Crippen LogP contribution in [0.3, 0.4) is 0 Å². The van der Waals surface area contributed by atoms with Gasteiger partial charge in [0.15, 0.2) is 0 Å². The number of carbonyl (C=O) groups excluding carboxylic acids is 1. The van der Waals surface area contributed by atoms with Gasteiger partial charge in [0, 0.05) is 18.5 Å². The molecule has 1 heterocycles. The maximum atomic E-state index is 13.5. The molecule has 0 atom stereocenters. The second kappa shape index (κ2) is 3.45. The van der Waals surface area contributed by atoms with E-state index in [1.165, 1.54) is 31.4 Å². The summed E-state index contributed by atoms with van der Waals surface area (Å²) >= 11 is 0. The highest BCUT2D eigenvalue weighted by molar-refractivity contribution is 5.95. The summed E-state index contributed by atoms with van der Waals surface area (Å²) in [6.45, 7) is 1.47. The average Bonchev–Trinajstić information content (AvgIpc) is 2.17. The molecule has 17 heavy (non-hydrogen) atoms. The Morgan fingerprint density at radius 1 is 1.35 bits per heavy atom. The maximum absolute atomic E-state index is 13.5. The second-order valence-corrected chi connectivity index (χ2v) is 5.18. The monoisotopic (exact) mass is 235 g/mol. The van der Waals surface area contributed by atoms with Crippen LogP contribution in [0.2, 0.25) is 0 Å². The smallest absolute Gasteiger partial charge is 0.257 e. The molecule has 90 valence electrons. The van der Waals surface area contributed by atoms with E-state index in [1.54, 1.807) is 4.90 Å². The summed E-state index contributed by atoms with van der Waals surface area (Å²) in [5, 5.41) is 9.28. The lowest BCUT2D eigenvalue weighted by atomic mass is 9.63. The molecule has 1 aromatic rings. The van der Waals surface area contributed by atoms with E-state index in [-0.39, 0.29) is 17.2 Å². The first-order valence-electron chi connectivity index (χ1n) is 5.88. The van der Waals surface area contributed by atoms with Crippen molar-refractivity contribution in [1.29, 1.82) is 0 Å². The zero-order valence-corrected chi connectivity index (χ0v) is 9.45. The Morgan fingerprint density at radius 3 is 2.65 bits per heavy atom. The van der Waals surface area contributed by atoms with Crippen LogP contribution in [0, 0.1) is 11.2 Å². The van der Waals surface area contributed by atoms with Crippen molar-refractivity contribution in [3.05, 3.63) is 29.6 Å². The standard InChI is InChI=1S/C13H14FNO2/c14-11-3-2-9(16)6-10(11)12(17)15-7-13(8-15)4-1-5-13/h2-3,6,16H,1,4-5,7-8H2. The van der Waals surface area contributed by atoms with E-state index in [0.29, 0.717) is 5.41 Å². The van der Waals surface area contributed by atoms with Crippen LogP contribution in [0.5, 0.6) is 5.75 Å². The van der Waals surface area contributed by atoms with Gasteiger partial charge in [-0.2, -0.15) is 0 Å². The molecule has 2 aliphatic rings. The van der Waals surface area contributed by atoms with Gasteiger partial charge in [-0.15, -0.1) is 0 Å². The van der Waals surface area contributed by atoms with Crippen molar-refractivity contribution in [2.75, 3.05) is 13.1 Å². The zero-order chi connectivity index (χ0) is 12.0. The number of likely N-dealkylation sites (tertiary alicyclic amines) is 1. The van der Waals surface area contributed by atoms with Crippen LogP contribution in [-0.2, 0) is 0 Å². The Kier molecular flexibility index (Phi) is 2.15. The fourth-order valence-corrected chi connectivity index (χ4v) is 2.75. The fourth-order valence-electron chi connectivity index (χ4n) is 2.75. The molecular formula is C13H14FNO2. The number of phenolic OH excluding ortho intramolecular Hbond substituents is 1. The molecule has 3 nitrogen and oxygen atoms in total. The predicted octanol–water partition coefficient (Wildman–Crippen LogP) is 2.16. The molecule has 0 unspecified atom stereocenters. The van der Waals surface area contributed by atoms with E-state index in [9.17, 15) is 14.3 Å². The third-order valence-corrected chi connectivity index (χ3v) is 3.93. The number of hydrogen-bond acceptors (Lipinski definition) is 2. The first-order chi connectivity index (χ1) is 8.10. The first-order valence-corrected chi connectivity index (χ1v) is 5.88. The molecule has 1 aliphatic heterocycles. The summed E-state index contributed by atoms with van der Waals surface area (Å²) < 4.78 is 13.5. The molecular weight excluding hydrogens is 221 g/mol. The average molecular weight is 235 g/mol. The molecule has 2 fully saturated rings. The van der Waals surface area contributed by atoms with Crippen molar-refractivity contribution in [3.63, 3.8) is 0 Å². The van der Waals surface area contributed by atoms with Gasteiger partial charge in [-0.05, 0) is 31.0 Å². The Labute approximate surface area is 98.9 Å². The molecule has 1 spiro atoms. The minimum absolute atomic E-state index is 0.0285. The molecule has 1 N–H and O–H groups in total. The number of hydrogen-bond donors (Lipinski definition) is 1. The van der Waals surface area contributed by atoms with Gasteiger partial charge >= 0.3 is 0 Å². The molecule has 0 aromatic heterocycles. The summed E-state index contributed by atoms with van der Waals surface area (Å²) in [5.74, 6) is -0.952. The van der Waals surface area contributed by atoms with Crippen LogP contribution < -0.4 is 0 Å². The van der Waals surface area contributed by atoms with E-state index in [4.69, 9.17) is 0 Å². The largest absolute Gasteiger partial charge is 0.508 e. The highest BCUT2D eigenvalue weighted by Gasteiger charge is 2.49. The van der Waals surface area contributed by atoms with Crippen molar-refractivity contribution in [1.82, 2.24) is 4.90 Å². The highest BCUT2D eigenvalue weighted by Crippen LogP contribution is 2.48. The quantitative estimate of drug-likeness (QED) is 0.810. The van der Waals surface area contributed by atoms with Gasteiger partial charge in [0.05, 0.1) is 5.56 Å². The van der Waals surface area contributed by atoms with Crippen molar-refractivity contribution >= 4 is 5.91 Å². The SMILES string of the molecule is O=C(c1cc(O)ccc1F)N1CC2(CCC2)C1. The summed E-state index contributed by atoms with van der Waals surface area (Å²) in [7, 11) is 0. The molecule has 1 amide bonds. The molecule has 4 heteroatoms. The summed E-state index contributed by atoms with van der Waals surface area (Å²) in [4.78, 5) is 13.7. The lowest BCUT2D eigenvalue weighted by Crippen LogP contribution is -2.61. The number of amides is 1. The van der Waals surface area contributed by atoms with E-state index in [0.717, 1.165) is 19.2 Å². The van der Waals surface area contributed by atoms with E-state index in [2.05, 4.69) is 0 Å². The van der Waals surface area contributed by atoms with E-state index < -0.39 is 5.82 Å². The Balaban J connectivity index is 1.76. The first kappa shape index (κ1) is 10.6. The normalized spacial score (nSPS) is 20.9. The van der Waals surface area contributed by atoms with Gasteiger partial charge in [-0.1, -0.05) is 6.42 Å². The molecule has 0 radical (unpaired) electrons. The third-order valence-electron chi connectivity index (χ3n) is 3.93. The number of rotatable bonds is 1. The Hall–Kier alpha value is -1.58. The zero-order valence-electron chi connectivity index (χ0n) is 9.45. The van der Waals surface area contributed by atoms with Gasteiger partial charge < -0.3 is 10.0 Å². The van der Waals surface area contributed by atoms with Crippen molar-refractivity contribution in [2.45, 2.75) is 19.3 Å². The third kappa shape index (κ3) is 1.59. The van der Waals surface area contributed by atoms with Gasteiger partial charge in [-0.3, -0.25) is 4.79 Å².